The number of alkyl halides is 6. The minimum atomic E-state index is -5.05. The Morgan fingerprint density at radius 3 is 2.10 bits per heavy atom. The molecule has 6 rings (SSSR count). The predicted molar refractivity (Wildman–Crippen MR) is 164 cm³/mol. The summed E-state index contributed by atoms with van der Waals surface area (Å²) in [5.41, 5.74) is -2.39. The van der Waals surface area contributed by atoms with E-state index in [-0.39, 0.29) is 24.7 Å². The van der Waals surface area contributed by atoms with Gasteiger partial charge in [0.15, 0.2) is 0 Å². The molecule has 3 aliphatic rings. The van der Waals surface area contributed by atoms with Gasteiger partial charge in [0.1, 0.15) is 5.60 Å². The number of carbonyl (C=O) groups excluding carboxylic acids is 2. The van der Waals surface area contributed by atoms with Crippen LogP contribution in [0.1, 0.15) is 64.7 Å². The summed E-state index contributed by atoms with van der Waals surface area (Å²) in [7, 11) is 0. The van der Waals surface area contributed by atoms with Crippen molar-refractivity contribution in [1.29, 1.82) is 0 Å². The second-order valence-electron chi connectivity index (χ2n) is 12.9. The van der Waals surface area contributed by atoms with Crippen molar-refractivity contribution in [2.75, 3.05) is 26.2 Å². The van der Waals surface area contributed by atoms with Crippen LogP contribution >= 0.6 is 0 Å². The zero-order chi connectivity index (χ0) is 34.1. The molecule has 0 bridgehead atoms. The molecule has 48 heavy (non-hydrogen) atoms. The fourth-order valence-electron chi connectivity index (χ4n) is 7.19. The second-order valence-corrected chi connectivity index (χ2v) is 12.9. The van der Waals surface area contributed by atoms with Gasteiger partial charge >= 0.3 is 18.4 Å². The van der Waals surface area contributed by atoms with Crippen molar-refractivity contribution in [2.45, 2.75) is 75.1 Å². The molecule has 3 aromatic rings. The number of halogens is 6. The molecule has 2 atom stereocenters. The van der Waals surface area contributed by atoms with Crippen LogP contribution in [0.15, 0.2) is 73.1 Å². The van der Waals surface area contributed by atoms with E-state index in [1.165, 1.54) is 4.90 Å². The van der Waals surface area contributed by atoms with E-state index in [0.29, 0.717) is 76.8 Å². The Hall–Kier alpha value is -4.13. The molecule has 1 aromatic heterocycles. The number of amides is 2. The maximum absolute atomic E-state index is 13.7. The van der Waals surface area contributed by atoms with Crippen molar-refractivity contribution in [3.8, 4) is 0 Å². The number of piperidine rings is 2. The van der Waals surface area contributed by atoms with Gasteiger partial charge in [-0.05, 0) is 54.7 Å². The summed E-state index contributed by atoms with van der Waals surface area (Å²) in [5.74, 6) is -0.853. The molecule has 0 N–H and O–H groups in total. The van der Waals surface area contributed by atoms with E-state index >= 15 is 0 Å². The molecule has 1 spiro atoms. The number of hydrogen-bond donors (Lipinski definition) is 0. The number of nitrogens with zero attached hydrogens (tertiary/aromatic N) is 4. The highest BCUT2D eigenvalue weighted by molar-refractivity contribution is 5.95. The lowest BCUT2D eigenvalue weighted by atomic mass is 9.84. The van der Waals surface area contributed by atoms with Crippen LogP contribution in [-0.4, -0.2) is 75.5 Å². The van der Waals surface area contributed by atoms with Crippen LogP contribution in [0.2, 0.25) is 0 Å². The molecule has 3 saturated heterocycles. The molecule has 3 aliphatic heterocycles. The zero-order valence-corrected chi connectivity index (χ0v) is 26.1. The average Bonchev–Trinajstić information content (AvgIpc) is 3.06. The van der Waals surface area contributed by atoms with Crippen LogP contribution in [0.3, 0.4) is 0 Å². The summed E-state index contributed by atoms with van der Waals surface area (Å²) in [6, 6.07) is 13.7. The van der Waals surface area contributed by atoms with Crippen LogP contribution in [0.25, 0.3) is 0 Å². The first kappa shape index (κ1) is 33.8. The van der Waals surface area contributed by atoms with Crippen molar-refractivity contribution in [3.63, 3.8) is 0 Å². The molecule has 256 valence electrons. The molecule has 7 nitrogen and oxygen atoms in total. The predicted octanol–water partition coefficient (Wildman–Crippen LogP) is 7.21. The van der Waals surface area contributed by atoms with Gasteiger partial charge < -0.3 is 14.5 Å². The molecule has 4 heterocycles. The summed E-state index contributed by atoms with van der Waals surface area (Å²) in [5, 5.41) is 0. The van der Waals surface area contributed by atoms with Crippen molar-refractivity contribution < 1.29 is 40.7 Å². The Bertz CT molecular complexity index is 1560. The normalized spacial score (nSPS) is 22.1. The van der Waals surface area contributed by atoms with Crippen molar-refractivity contribution in [2.24, 2.45) is 0 Å². The lowest BCUT2D eigenvalue weighted by Gasteiger charge is -2.49. The maximum Gasteiger partial charge on any atom is 0.416 e. The van der Waals surface area contributed by atoms with E-state index in [2.05, 4.69) is 9.88 Å². The van der Waals surface area contributed by atoms with Crippen molar-refractivity contribution in [1.82, 2.24) is 19.7 Å². The number of hydrogen-bond acceptors (Lipinski definition) is 5. The van der Waals surface area contributed by atoms with Crippen molar-refractivity contribution in [3.05, 3.63) is 101 Å². The number of benzene rings is 2. The summed E-state index contributed by atoms with van der Waals surface area (Å²) >= 11 is 0. The van der Waals surface area contributed by atoms with Crippen molar-refractivity contribution >= 4 is 12.0 Å². The fraction of sp³-hybridized carbons (Fsp3) is 0.457. The van der Waals surface area contributed by atoms with Crippen LogP contribution in [-0.2, 0) is 30.1 Å². The number of aromatic nitrogens is 1. The average molecular weight is 675 g/mol. The zero-order valence-electron chi connectivity index (χ0n) is 26.1. The van der Waals surface area contributed by atoms with Gasteiger partial charge in [-0.2, -0.15) is 26.3 Å². The first-order chi connectivity index (χ1) is 22.8. The first-order valence-electron chi connectivity index (χ1n) is 16.0. The maximum atomic E-state index is 13.7. The van der Waals surface area contributed by atoms with Gasteiger partial charge in [0.05, 0.1) is 17.7 Å². The Kier molecular flexibility index (Phi) is 9.43. The smallest absolute Gasteiger partial charge is 0.416 e. The van der Waals surface area contributed by atoms with Gasteiger partial charge in [-0.1, -0.05) is 36.4 Å². The first-order valence-corrected chi connectivity index (χ1v) is 16.0. The van der Waals surface area contributed by atoms with Gasteiger partial charge in [0, 0.05) is 75.5 Å². The monoisotopic (exact) mass is 674 g/mol. The lowest BCUT2D eigenvalue weighted by molar-refractivity contribution is -0.143. The van der Waals surface area contributed by atoms with E-state index in [9.17, 15) is 35.9 Å². The summed E-state index contributed by atoms with van der Waals surface area (Å²) in [6.07, 6.45) is -3.66. The number of rotatable bonds is 6. The Morgan fingerprint density at radius 1 is 0.854 bits per heavy atom. The molecule has 1 unspecified atom stereocenters. The SMILES string of the molecule is O=C1OC2(CCN1Cc1cccnc1)CCN(C1CCN(C(=O)c3cc(C(F)(F)F)cc(C(F)(F)F)c3)[C@H](Cc3ccccc3)C1)CC2. The summed E-state index contributed by atoms with van der Waals surface area (Å²) < 4.78 is 87.6. The fourth-order valence-corrected chi connectivity index (χ4v) is 7.19. The number of carbonyl (C=O) groups is 2. The third-order valence-electron chi connectivity index (χ3n) is 9.82. The lowest BCUT2D eigenvalue weighted by Crippen LogP contribution is -2.58. The molecule has 2 aromatic carbocycles. The van der Waals surface area contributed by atoms with E-state index in [1.807, 2.05) is 42.5 Å². The Morgan fingerprint density at radius 2 is 1.50 bits per heavy atom. The van der Waals surface area contributed by atoms with E-state index in [0.717, 1.165) is 11.1 Å². The Labute approximate surface area is 274 Å². The minimum absolute atomic E-state index is 0.0359. The quantitative estimate of drug-likeness (QED) is 0.259. The van der Waals surface area contributed by atoms with E-state index in [4.69, 9.17) is 4.74 Å². The van der Waals surface area contributed by atoms with Crippen LogP contribution in [0, 0.1) is 0 Å². The van der Waals surface area contributed by atoms with E-state index < -0.39 is 46.6 Å². The highest BCUT2D eigenvalue weighted by Crippen LogP contribution is 2.39. The third-order valence-corrected chi connectivity index (χ3v) is 9.82. The summed E-state index contributed by atoms with van der Waals surface area (Å²) in [4.78, 5) is 36.2. The van der Waals surface area contributed by atoms with Gasteiger partial charge in [-0.25, -0.2) is 4.79 Å². The van der Waals surface area contributed by atoms with E-state index in [1.54, 1.807) is 17.3 Å². The van der Waals surface area contributed by atoms with Crippen LogP contribution in [0.4, 0.5) is 31.1 Å². The topological polar surface area (TPSA) is 66.0 Å². The third kappa shape index (κ3) is 7.61. The molecule has 3 fully saturated rings. The highest BCUT2D eigenvalue weighted by atomic mass is 19.4. The largest absolute Gasteiger partial charge is 0.443 e. The molecule has 2 amide bonds. The molecular formula is C35H36F6N4O3. The summed E-state index contributed by atoms with van der Waals surface area (Å²) in [6.45, 7) is 2.49. The molecule has 0 aliphatic carbocycles. The Balaban J connectivity index is 1.15. The van der Waals surface area contributed by atoms with Crippen LogP contribution < -0.4 is 0 Å². The molecule has 0 saturated carbocycles. The minimum Gasteiger partial charge on any atom is -0.443 e. The number of ether oxygens (including phenoxy) is 1. The molecule has 0 radical (unpaired) electrons. The molecular weight excluding hydrogens is 638 g/mol. The van der Waals surface area contributed by atoms with Gasteiger partial charge in [0.25, 0.3) is 5.91 Å². The van der Waals surface area contributed by atoms with Gasteiger partial charge in [-0.15, -0.1) is 0 Å². The second kappa shape index (κ2) is 13.4. The van der Waals surface area contributed by atoms with Crippen LogP contribution in [0.5, 0.6) is 0 Å². The highest BCUT2D eigenvalue weighted by Gasteiger charge is 2.45. The van der Waals surface area contributed by atoms with Gasteiger partial charge in [0.2, 0.25) is 0 Å². The molecule has 13 heteroatoms. The van der Waals surface area contributed by atoms with Gasteiger partial charge in [-0.3, -0.25) is 14.7 Å². The number of pyridine rings is 1. The number of likely N-dealkylation sites (tertiary alicyclic amines) is 2. The standard InChI is InChI=1S/C35H36F6N4O3/c36-34(37,38)27-18-26(19-28(20-27)35(39,40)41)31(46)45-13-8-29(21-30(45)17-24-5-2-1-3-6-24)43-14-9-33(10-15-43)11-16-44(32(47)48-33)23-25-7-4-12-42-22-25/h1-7,12,18-20,22,29-30H,8-11,13-17,21,23H2/t29?,30-/m1/s1.